The second kappa shape index (κ2) is 3.61. The van der Waals surface area contributed by atoms with Gasteiger partial charge in [-0.15, -0.1) is 0 Å². The first-order valence-corrected chi connectivity index (χ1v) is 5.13. The van der Waals surface area contributed by atoms with Gasteiger partial charge < -0.3 is 14.7 Å². The molecule has 2 unspecified atom stereocenters. The molecule has 2 aromatic heterocycles. The molecule has 82 valence electrons. The van der Waals surface area contributed by atoms with Crippen LogP contribution in [0.25, 0.3) is 11.4 Å². The van der Waals surface area contributed by atoms with Gasteiger partial charge in [-0.05, 0) is 12.5 Å². The molecule has 2 heterocycles. The topological polar surface area (TPSA) is 78.1 Å². The van der Waals surface area contributed by atoms with Gasteiger partial charge in [0.15, 0.2) is 0 Å². The lowest BCUT2D eigenvalue weighted by molar-refractivity contribution is 0.365. The van der Waals surface area contributed by atoms with Crippen molar-refractivity contribution in [3.8, 4) is 11.4 Å². The Kier molecular flexibility index (Phi) is 2.11. The molecule has 0 saturated heterocycles. The molecular formula is C11H11N3O2. The molecule has 2 atom stereocenters. The van der Waals surface area contributed by atoms with Gasteiger partial charge >= 0.3 is 0 Å². The van der Waals surface area contributed by atoms with Crippen LogP contribution in [0.15, 0.2) is 39.7 Å². The van der Waals surface area contributed by atoms with Crippen LogP contribution in [-0.2, 0) is 0 Å². The van der Waals surface area contributed by atoms with E-state index in [1.54, 1.807) is 18.6 Å². The smallest absolute Gasteiger partial charge is 0.233 e. The van der Waals surface area contributed by atoms with E-state index in [1.165, 1.54) is 0 Å². The zero-order valence-corrected chi connectivity index (χ0v) is 8.54. The van der Waals surface area contributed by atoms with Crippen LogP contribution in [-0.4, -0.2) is 16.2 Å². The molecule has 0 radical (unpaired) electrons. The molecule has 0 spiro atoms. The molecule has 0 saturated carbocycles. The average Bonchev–Trinajstić information content (AvgIpc) is 2.97. The maximum Gasteiger partial charge on any atom is 0.233 e. The number of hydrogen-bond donors (Lipinski definition) is 1. The Bertz CT molecular complexity index is 501. The summed E-state index contributed by atoms with van der Waals surface area (Å²) in [6, 6.07) is 1.89. The number of aromatic nitrogens is 2. The highest BCUT2D eigenvalue weighted by Crippen LogP contribution is 2.28. The molecule has 2 aromatic rings. The molecule has 0 bridgehead atoms. The minimum Gasteiger partial charge on any atom is -0.472 e. The van der Waals surface area contributed by atoms with Gasteiger partial charge in [0.1, 0.15) is 6.26 Å². The van der Waals surface area contributed by atoms with E-state index in [1.807, 2.05) is 12.2 Å². The number of hydrogen-bond acceptors (Lipinski definition) is 5. The summed E-state index contributed by atoms with van der Waals surface area (Å²) in [6.45, 7) is 0. The lowest BCUT2D eigenvalue weighted by Gasteiger charge is -2.01. The van der Waals surface area contributed by atoms with Gasteiger partial charge in [-0.2, -0.15) is 4.98 Å². The third-order valence-corrected chi connectivity index (χ3v) is 2.66. The lowest BCUT2D eigenvalue weighted by Crippen LogP contribution is -2.14. The summed E-state index contributed by atoms with van der Waals surface area (Å²) in [5, 5.41) is 3.91. The zero-order valence-electron chi connectivity index (χ0n) is 8.54. The van der Waals surface area contributed by atoms with Crippen LogP contribution >= 0.6 is 0 Å². The van der Waals surface area contributed by atoms with Gasteiger partial charge in [0.2, 0.25) is 11.7 Å². The first kappa shape index (κ1) is 9.35. The average molecular weight is 217 g/mol. The normalized spacial score (nSPS) is 24.1. The van der Waals surface area contributed by atoms with Crippen LogP contribution in [0.2, 0.25) is 0 Å². The van der Waals surface area contributed by atoms with E-state index in [-0.39, 0.29) is 12.0 Å². The largest absolute Gasteiger partial charge is 0.472 e. The predicted molar refractivity (Wildman–Crippen MR) is 56.5 cm³/mol. The fraction of sp³-hybridized carbons (Fsp3) is 0.273. The monoisotopic (exact) mass is 217 g/mol. The summed E-state index contributed by atoms with van der Waals surface area (Å²) in [4.78, 5) is 4.32. The Morgan fingerprint density at radius 2 is 2.31 bits per heavy atom. The summed E-state index contributed by atoms with van der Waals surface area (Å²) in [5.74, 6) is 1.31. The van der Waals surface area contributed by atoms with Crippen LogP contribution in [0.4, 0.5) is 0 Å². The van der Waals surface area contributed by atoms with E-state index < -0.39 is 0 Å². The number of furan rings is 1. The predicted octanol–water partition coefficient (Wildman–Crippen LogP) is 1.70. The van der Waals surface area contributed by atoms with Crippen LogP contribution in [0.5, 0.6) is 0 Å². The molecule has 0 amide bonds. The molecule has 0 fully saturated rings. The van der Waals surface area contributed by atoms with Crippen molar-refractivity contribution in [1.82, 2.24) is 10.1 Å². The summed E-state index contributed by atoms with van der Waals surface area (Å²) in [7, 11) is 0. The highest BCUT2D eigenvalue weighted by Gasteiger charge is 2.23. The van der Waals surface area contributed by atoms with Gasteiger partial charge in [-0.25, -0.2) is 0 Å². The molecule has 1 aliphatic carbocycles. The SMILES string of the molecule is NC1C=CC(c2nc(-c3ccoc3)no2)C1. The van der Waals surface area contributed by atoms with Crippen molar-refractivity contribution in [2.75, 3.05) is 0 Å². The highest BCUT2D eigenvalue weighted by atomic mass is 16.5. The molecule has 0 aliphatic heterocycles. The summed E-state index contributed by atoms with van der Waals surface area (Å²) in [6.07, 6.45) is 7.97. The van der Waals surface area contributed by atoms with Gasteiger partial charge in [0.05, 0.1) is 17.7 Å². The third-order valence-electron chi connectivity index (χ3n) is 2.66. The fourth-order valence-corrected chi connectivity index (χ4v) is 1.81. The standard InChI is InChI=1S/C11H11N3O2/c12-9-2-1-7(5-9)11-13-10(14-16-11)8-3-4-15-6-8/h1-4,6-7,9H,5,12H2. The van der Waals surface area contributed by atoms with Gasteiger partial charge in [0, 0.05) is 6.04 Å². The summed E-state index contributed by atoms with van der Waals surface area (Å²) in [5.41, 5.74) is 6.59. The second-order valence-electron chi connectivity index (χ2n) is 3.86. The first-order valence-electron chi connectivity index (χ1n) is 5.13. The minimum absolute atomic E-state index is 0.0919. The fourth-order valence-electron chi connectivity index (χ4n) is 1.81. The van der Waals surface area contributed by atoms with Crippen molar-refractivity contribution in [2.45, 2.75) is 18.4 Å². The Labute approximate surface area is 91.9 Å². The molecule has 16 heavy (non-hydrogen) atoms. The second-order valence-corrected chi connectivity index (χ2v) is 3.86. The van der Waals surface area contributed by atoms with E-state index in [2.05, 4.69) is 10.1 Å². The van der Waals surface area contributed by atoms with E-state index in [9.17, 15) is 0 Å². The maximum atomic E-state index is 5.77. The Morgan fingerprint density at radius 3 is 3.00 bits per heavy atom. The van der Waals surface area contributed by atoms with E-state index in [0.29, 0.717) is 11.7 Å². The molecule has 5 heteroatoms. The van der Waals surface area contributed by atoms with Gasteiger partial charge in [-0.3, -0.25) is 0 Å². The summed E-state index contributed by atoms with van der Waals surface area (Å²) >= 11 is 0. The van der Waals surface area contributed by atoms with Crippen LogP contribution in [0.1, 0.15) is 18.2 Å². The number of nitrogens with zero attached hydrogens (tertiary/aromatic N) is 2. The number of rotatable bonds is 2. The number of allylic oxidation sites excluding steroid dienone is 1. The quantitative estimate of drug-likeness (QED) is 0.774. The molecule has 1 aliphatic rings. The van der Waals surface area contributed by atoms with Crippen molar-refractivity contribution in [3.05, 3.63) is 36.6 Å². The first-order chi connectivity index (χ1) is 7.83. The van der Waals surface area contributed by atoms with Crippen LogP contribution in [0, 0.1) is 0 Å². The van der Waals surface area contributed by atoms with Crippen molar-refractivity contribution in [1.29, 1.82) is 0 Å². The number of nitrogens with two attached hydrogens (primary N) is 1. The van der Waals surface area contributed by atoms with Crippen molar-refractivity contribution >= 4 is 0 Å². The Morgan fingerprint density at radius 1 is 1.38 bits per heavy atom. The minimum atomic E-state index is 0.0919. The van der Waals surface area contributed by atoms with Crippen molar-refractivity contribution < 1.29 is 8.94 Å². The Balaban J connectivity index is 1.86. The van der Waals surface area contributed by atoms with E-state index >= 15 is 0 Å². The van der Waals surface area contributed by atoms with Gasteiger partial charge in [-0.1, -0.05) is 17.3 Å². The summed E-state index contributed by atoms with van der Waals surface area (Å²) < 4.78 is 10.2. The van der Waals surface area contributed by atoms with Crippen molar-refractivity contribution in [3.63, 3.8) is 0 Å². The lowest BCUT2D eigenvalue weighted by atomic mass is 10.1. The van der Waals surface area contributed by atoms with Crippen molar-refractivity contribution in [2.24, 2.45) is 5.73 Å². The van der Waals surface area contributed by atoms with Crippen LogP contribution < -0.4 is 5.73 Å². The molecular weight excluding hydrogens is 206 g/mol. The van der Waals surface area contributed by atoms with E-state index in [4.69, 9.17) is 14.7 Å². The van der Waals surface area contributed by atoms with Gasteiger partial charge in [0.25, 0.3) is 0 Å². The molecule has 5 nitrogen and oxygen atoms in total. The Hall–Kier alpha value is -1.88. The molecule has 3 rings (SSSR count). The third kappa shape index (κ3) is 1.55. The maximum absolute atomic E-state index is 5.77. The highest BCUT2D eigenvalue weighted by molar-refractivity contribution is 5.51. The molecule has 2 N–H and O–H groups in total. The van der Waals surface area contributed by atoms with Crippen LogP contribution in [0.3, 0.4) is 0 Å². The zero-order chi connectivity index (χ0) is 11.0. The molecule has 0 aromatic carbocycles. The van der Waals surface area contributed by atoms with E-state index in [0.717, 1.165) is 12.0 Å².